The number of nitrogens with two attached hydrogens (primary N) is 1. The summed E-state index contributed by atoms with van der Waals surface area (Å²) in [6.07, 6.45) is 7.02. The predicted molar refractivity (Wildman–Crippen MR) is 116 cm³/mol. The van der Waals surface area contributed by atoms with Crippen molar-refractivity contribution in [3.63, 3.8) is 0 Å². The number of aromatic nitrogens is 3. The van der Waals surface area contributed by atoms with Gasteiger partial charge >= 0.3 is 0 Å². The van der Waals surface area contributed by atoms with Crippen LogP contribution >= 0.6 is 0 Å². The first-order valence-corrected chi connectivity index (χ1v) is 9.34. The van der Waals surface area contributed by atoms with Crippen molar-refractivity contribution in [2.24, 2.45) is 5.73 Å². The van der Waals surface area contributed by atoms with Crippen LogP contribution in [0.2, 0.25) is 0 Å². The molecule has 4 aromatic rings. The van der Waals surface area contributed by atoms with Crippen LogP contribution in [0.5, 0.6) is 0 Å². The number of benzene rings is 1. The summed E-state index contributed by atoms with van der Waals surface area (Å²) >= 11 is 0. The third kappa shape index (κ3) is 4.25. The second-order valence-corrected chi connectivity index (χ2v) is 6.71. The molecule has 4 rings (SSSR count). The molecule has 2 amide bonds. The third-order valence-corrected chi connectivity index (χ3v) is 4.58. The molecule has 0 aliphatic rings. The highest BCUT2D eigenvalue weighted by molar-refractivity contribution is 6.24. The van der Waals surface area contributed by atoms with E-state index < -0.39 is 5.91 Å². The van der Waals surface area contributed by atoms with E-state index in [1.54, 1.807) is 36.8 Å². The highest BCUT2D eigenvalue weighted by atomic mass is 16.2. The van der Waals surface area contributed by atoms with Crippen LogP contribution in [-0.4, -0.2) is 26.8 Å². The van der Waals surface area contributed by atoms with Crippen LogP contribution in [-0.2, 0) is 16.0 Å². The molecule has 30 heavy (non-hydrogen) atoms. The van der Waals surface area contributed by atoms with Gasteiger partial charge in [0.15, 0.2) is 0 Å². The summed E-state index contributed by atoms with van der Waals surface area (Å²) in [5, 5.41) is 3.60. The van der Waals surface area contributed by atoms with Gasteiger partial charge < -0.3 is 16.0 Å². The Morgan fingerprint density at radius 3 is 2.63 bits per heavy atom. The zero-order chi connectivity index (χ0) is 20.9. The molecule has 0 spiro atoms. The highest BCUT2D eigenvalue weighted by Crippen LogP contribution is 2.24. The van der Waals surface area contributed by atoms with Crippen molar-refractivity contribution in [3.05, 3.63) is 89.9 Å². The van der Waals surface area contributed by atoms with Crippen LogP contribution in [0.1, 0.15) is 16.7 Å². The Hall–Kier alpha value is -4.26. The van der Waals surface area contributed by atoms with E-state index in [2.05, 4.69) is 20.3 Å². The van der Waals surface area contributed by atoms with Gasteiger partial charge in [-0.15, -0.1) is 0 Å². The normalized spacial score (nSPS) is 11.4. The Morgan fingerprint density at radius 2 is 1.90 bits per heavy atom. The molecule has 0 saturated heterocycles. The number of nitrogens with zero attached hydrogens (tertiary/aromatic N) is 2. The lowest BCUT2D eigenvalue weighted by atomic mass is 10.0. The van der Waals surface area contributed by atoms with Crippen molar-refractivity contribution < 1.29 is 9.59 Å². The van der Waals surface area contributed by atoms with Crippen LogP contribution in [0.25, 0.3) is 22.7 Å². The number of rotatable bonds is 6. The molecule has 148 valence electrons. The zero-order valence-corrected chi connectivity index (χ0v) is 16.0. The maximum Gasteiger partial charge on any atom is 0.249 e. The summed E-state index contributed by atoms with van der Waals surface area (Å²) in [7, 11) is 0. The number of amides is 2. The molecule has 0 atom stereocenters. The fraction of sp³-hybridized carbons (Fsp3) is 0.0435. The lowest BCUT2D eigenvalue weighted by molar-refractivity contribution is -0.115. The van der Waals surface area contributed by atoms with Crippen molar-refractivity contribution in [1.29, 1.82) is 0 Å². The minimum absolute atomic E-state index is 0.179. The first-order chi connectivity index (χ1) is 14.6. The molecule has 0 unspecified atom stereocenters. The van der Waals surface area contributed by atoms with Crippen molar-refractivity contribution in [1.82, 2.24) is 15.0 Å². The van der Waals surface area contributed by atoms with Gasteiger partial charge in [-0.1, -0.05) is 36.4 Å². The first-order valence-electron chi connectivity index (χ1n) is 9.34. The molecule has 0 radical (unpaired) electrons. The Balaban J connectivity index is 1.58. The van der Waals surface area contributed by atoms with Gasteiger partial charge in [0.2, 0.25) is 11.8 Å². The Bertz CT molecular complexity index is 1230. The van der Waals surface area contributed by atoms with E-state index >= 15 is 0 Å². The fourth-order valence-electron chi connectivity index (χ4n) is 3.16. The highest BCUT2D eigenvalue weighted by Gasteiger charge is 2.12. The van der Waals surface area contributed by atoms with E-state index in [0.717, 1.165) is 22.1 Å². The van der Waals surface area contributed by atoms with Gasteiger partial charge in [0, 0.05) is 35.1 Å². The van der Waals surface area contributed by atoms with Crippen molar-refractivity contribution >= 4 is 40.3 Å². The van der Waals surface area contributed by atoms with E-state index in [1.807, 2.05) is 42.5 Å². The summed E-state index contributed by atoms with van der Waals surface area (Å²) in [5.41, 5.74) is 8.93. The van der Waals surface area contributed by atoms with Gasteiger partial charge in [-0.05, 0) is 35.4 Å². The van der Waals surface area contributed by atoms with Crippen molar-refractivity contribution in [2.45, 2.75) is 6.42 Å². The van der Waals surface area contributed by atoms with Gasteiger partial charge in [0.1, 0.15) is 11.5 Å². The molecule has 7 nitrogen and oxygen atoms in total. The summed E-state index contributed by atoms with van der Waals surface area (Å²) < 4.78 is 0. The second kappa shape index (κ2) is 8.40. The van der Waals surface area contributed by atoms with E-state index in [9.17, 15) is 9.59 Å². The van der Waals surface area contributed by atoms with E-state index in [-0.39, 0.29) is 12.3 Å². The molecular formula is C23H19N5O2. The minimum atomic E-state index is -0.511. The van der Waals surface area contributed by atoms with Gasteiger partial charge in [-0.3, -0.25) is 14.6 Å². The number of aromatic amines is 1. The summed E-state index contributed by atoms with van der Waals surface area (Å²) in [5.74, 6) is -0.253. The SMILES string of the molecule is NC(=O)C(=Cc1c[nH]c2nc(NC(=O)Cc3cccnc3)ccc12)c1ccccc1. The number of anilines is 1. The standard InChI is InChI=1S/C23H19N5O2/c24-22(30)19(16-6-2-1-3-7-16)12-17-14-26-23-18(17)8-9-20(28-23)27-21(29)11-15-5-4-10-25-13-15/h1-10,12-14H,11H2,(H2,24,30)(H2,26,27,28,29). The lowest BCUT2D eigenvalue weighted by Crippen LogP contribution is -2.15. The van der Waals surface area contributed by atoms with Crippen LogP contribution in [0, 0.1) is 0 Å². The van der Waals surface area contributed by atoms with Gasteiger partial charge in [0.05, 0.1) is 6.42 Å². The Kier molecular flexibility index (Phi) is 5.34. The largest absolute Gasteiger partial charge is 0.366 e. The molecule has 3 aromatic heterocycles. The fourth-order valence-corrected chi connectivity index (χ4v) is 3.16. The Labute approximate surface area is 172 Å². The quantitative estimate of drug-likeness (QED) is 0.434. The number of hydrogen-bond acceptors (Lipinski definition) is 4. The molecule has 4 N–H and O–H groups in total. The molecule has 0 saturated carbocycles. The lowest BCUT2D eigenvalue weighted by Gasteiger charge is -2.05. The van der Waals surface area contributed by atoms with E-state index in [0.29, 0.717) is 17.0 Å². The average Bonchev–Trinajstić information content (AvgIpc) is 3.15. The van der Waals surface area contributed by atoms with E-state index in [1.165, 1.54) is 0 Å². The molecule has 0 bridgehead atoms. The maximum atomic E-state index is 12.3. The first kappa shape index (κ1) is 19.1. The summed E-state index contributed by atoms with van der Waals surface area (Å²) in [6, 6.07) is 16.4. The summed E-state index contributed by atoms with van der Waals surface area (Å²) in [4.78, 5) is 35.8. The van der Waals surface area contributed by atoms with Crippen LogP contribution in [0.15, 0.2) is 73.2 Å². The number of carbonyl (C=O) groups excluding carboxylic acids is 2. The smallest absolute Gasteiger partial charge is 0.249 e. The molecule has 0 aliphatic carbocycles. The van der Waals surface area contributed by atoms with Gasteiger partial charge in [0.25, 0.3) is 0 Å². The average molecular weight is 397 g/mol. The topological polar surface area (TPSA) is 114 Å². The number of primary amides is 1. The molecule has 3 heterocycles. The number of hydrogen-bond donors (Lipinski definition) is 3. The van der Waals surface area contributed by atoms with Crippen molar-refractivity contribution in [3.8, 4) is 0 Å². The number of nitrogens with one attached hydrogen (secondary N) is 2. The predicted octanol–water partition coefficient (Wildman–Crippen LogP) is 3.17. The number of H-pyrrole nitrogens is 1. The van der Waals surface area contributed by atoms with Crippen LogP contribution in [0.4, 0.5) is 5.82 Å². The maximum absolute atomic E-state index is 12.3. The monoisotopic (exact) mass is 397 g/mol. The van der Waals surface area contributed by atoms with Gasteiger partial charge in [-0.2, -0.15) is 0 Å². The summed E-state index contributed by atoms with van der Waals surface area (Å²) in [6.45, 7) is 0. The zero-order valence-electron chi connectivity index (χ0n) is 16.0. The van der Waals surface area contributed by atoms with Gasteiger partial charge in [-0.25, -0.2) is 4.98 Å². The second-order valence-electron chi connectivity index (χ2n) is 6.71. The Morgan fingerprint density at radius 1 is 1.07 bits per heavy atom. The number of fused-ring (bicyclic) bond motifs is 1. The molecular weight excluding hydrogens is 378 g/mol. The molecule has 1 aromatic carbocycles. The molecule has 0 fully saturated rings. The number of pyridine rings is 2. The molecule has 0 aliphatic heterocycles. The van der Waals surface area contributed by atoms with Crippen molar-refractivity contribution in [2.75, 3.05) is 5.32 Å². The minimum Gasteiger partial charge on any atom is -0.366 e. The van der Waals surface area contributed by atoms with Crippen LogP contribution < -0.4 is 11.1 Å². The molecule has 7 heteroatoms. The number of carbonyl (C=O) groups is 2. The third-order valence-electron chi connectivity index (χ3n) is 4.58. The van der Waals surface area contributed by atoms with Crippen LogP contribution in [0.3, 0.4) is 0 Å². The van der Waals surface area contributed by atoms with E-state index in [4.69, 9.17) is 5.73 Å².